The molecule has 1 heterocycles. The van der Waals surface area contributed by atoms with E-state index in [0.717, 1.165) is 18.8 Å². The van der Waals surface area contributed by atoms with E-state index in [0.29, 0.717) is 35.8 Å². The number of nitrogens with zero attached hydrogens (tertiary/aromatic N) is 1. The van der Waals surface area contributed by atoms with Gasteiger partial charge >= 0.3 is 0 Å². The molecule has 0 saturated carbocycles. The Balaban J connectivity index is 1.58. The molecule has 1 amide bonds. The molecule has 0 atom stereocenters. The summed E-state index contributed by atoms with van der Waals surface area (Å²) in [6.45, 7) is 3.03. The number of benzene rings is 2. The molecule has 1 aliphatic heterocycles. The van der Waals surface area contributed by atoms with Crippen LogP contribution in [0.5, 0.6) is 11.5 Å². The highest BCUT2D eigenvalue weighted by atomic mass is 16.5. The second-order valence-corrected chi connectivity index (χ2v) is 6.32. The largest absolute Gasteiger partial charge is 0.493 e. The van der Waals surface area contributed by atoms with Crippen LogP contribution in [0.1, 0.15) is 20.7 Å². The molecular formula is C21H24N2O5. The molecule has 148 valence electrons. The van der Waals surface area contributed by atoms with E-state index in [-0.39, 0.29) is 18.2 Å². The van der Waals surface area contributed by atoms with E-state index in [1.54, 1.807) is 30.3 Å². The van der Waals surface area contributed by atoms with Crippen LogP contribution in [0.4, 0.5) is 5.69 Å². The smallest absolute Gasteiger partial charge is 0.251 e. The minimum absolute atomic E-state index is 0.0793. The highest BCUT2D eigenvalue weighted by Gasteiger charge is 2.14. The summed E-state index contributed by atoms with van der Waals surface area (Å²) in [5, 5.41) is 2.65. The molecule has 0 bridgehead atoms. The Morgan fingerprint density at radius 2 is 1.61 bits per heavy atom. The van der Waals surface area contributed by atoms with Crippen LogP contribution in [-0.2, 0) is 4.74 Å². The first-order valence-corrected chi connectivity index (χ1v) is 9.08. The summed E-state index contributed by atoms with van der Waals surface area (Å²) in [6.07, 6.45) is 0. The molecule has 7 nitrogen and oxygen atoms in total. The van der Waals surface area contributed by atoms with Crippen LogP contribution in [0.15, 0.2) is 42.5 Å². The van der Waals surface area contributed by atoms with E-state index >= 15 is 0 Å². The fraction of sp³-hybridized carbons (Fsp3) is 0.333. The van der Waals surface area contributed by atoms with E-state index in [1.165, 1.54) is 14.2 Å². The Bertz CT molecular complexity index is 829. The number of ketones is 1. The van der Waals surface area contributed by atoms with Gasteiger partial charge in [0.2, 0.25) is 0 Å². The quantitative estimate of drug-likeness (QED) is 0.737. The van der Waals surface area contributed by atoms with Crippen molar-refractivity contribution in [3.63, 3.8) is 0 Å². The molecule has 0 aromatic heterocycles. The molecule has 0 unspecified atom stereocenters. The molecular weight excluding hydrogens is 360 g/mol. The molecule has 1 aliphatic rings. The summed E-state index contributed by atoms with van der Waals surface area (Å²) < 4.78 is 15.7. The van der Waals surface area contributed by atoms with Crippen molar-refractivity contribution in [1.29, 1.82) is 0 Å². The van der Waals surface area contributed by atoms with Gasteiger partial charge in [-0.2, -0.15) is 0 Å². The topological polar surface area (TPSA) is 77.1 Å². The lowest BCUT2D eigenvalue weighted by Gasteiger charge is -2.28. The highest BCUT2D eigenvalue weighted by Crippen LogP contribution is 2.27. The molecule has 0 radical (unpaired) electrons. The van der Waals surface area contributed by atoms with Gasteiger partial charge in [0.1, 0.15) is 0 Å². The molecule has 1 N–H and O–H groups in total. The van der Waals surface area contributed by atoms with Gasteiger partial charge in [0.15, 0.2) is 17.3 Å². The van der Waals surface area contributed by atoms with Crippen molar-refractivity contribution in [3.8, 4) is 11.5 Å². The van der Waals surface area contributed by atoms with Crippen LogP contribution in [0.2, 0.25) is 0 Å². The number of ether oxygens (including phenoxy) is 3. The highest BCUT2D eigenvalue weighted by molar-refractivity contribution is 6.02. The molecule has 0 aliphatic carbocycles. The number of methoxy groups -OCH3 is 2. The second-order valence-electron chi connectivity index (χ2n) is 6.32. The van der Waals surface area contributed by atoms with Crippen molar-refractivity contribution in [1.82, 2.24) is 5.32 Å². The van der Waals surface area contributed by atoms with Gasteiger partial charge in [-0.1, -0.05) is 0 Å². The lowest BCUT2D eigenvalue weighted by molar-refractivity contribution is 0.0904. The third kappa shape index (κ3) is 4.61. The maximum Gasteiger partial charge on any atom is 0.251 e. The summed E-state index contributed by atoms with van der Waals surface area (Å²) >= 11 is 0. The average Bonchev–Trinajstić information content (AvgIpc) is 2.77. The predicted octanol–water partition coefficient (Wildman–Crippen LogP) is 2.15. The van der Waals surface area contributed by atoms with E-state index in [4.69, 9.17) is 14.2 Å². The number of hydrogen-bond donors (Lipinski definition) is 1. The van der Waals surface area contributed by atoms with Crippen LogP contribution >= 0.6 is 0 Å². The van der Waals surface area contributed by atoms with Crippen LogP contribution in [0, 0.1) is 0 Å². The van der Waals surface area contributed by atoms with Crippen molar-refractivity contribution in [2.24, 2.45) is 0 Å². The van der Waals surface area contributed by atoms with Crippen LogP contribution in [-0.4, -0.2) is 58.8 Å². The molecule has 1 fully saturated rings. The number of hydrogen-bond acceptors (Lipinski definition) is 6. The molecule has 1 saturated heterocycles. The first-order chi connectivity index (χ1) is 13.6. The minimum atomic E-state index is -0.348. The maximum absolute atomic E-state index is 12.4. The molecule has 2 aromatic carbocycles. The van der Waals surface area contributed by atoms with E-state index in [9.17, 15) is 9.59 Å². The maximum atomic E-state index is 12.4. The van der Waals surface area contributed by atoms with Gasteiger partial charge < -0.3 is 24.4 Å². The minimum Gasteiger partial charge on any atom is -0.493 e. The van der Waals surface area contributed by atoms with Gasteiger partial charge in [-0.3, -0.25) is 9.59 Å². The van der Waals surface area contributed by atoms with Gasteiger partial charge in [-0.15, -0.1) is 0 Å². The van der Waals surface area contributed by atoms with Crippen molar-refractivity contribution in [3.05, 3.63) is 53.6 Å². The number of carbonyl (C=O) groups is 2. The van der Waals surface area contributed by atoms with Gasteiger partial charge in [0.05, 0.1) is 34.0 Å². The zero-order valence-electron chi connectivity index (χ0n) is 16.1. The molecule has 0 spiro atoms. The van der Waals surface area contributed by atoms with E-state index in [2.05, 4.69) is 10.2 Å². The Morgan fingerprint density at radius 1 is 0.964 bits per heavy atom. The van der Waals surface area contributed by atoms with Crippen molar-refractivity contribution < 1.29 is 23.8 Å². The van der Waals surface area contributed by atoms with Crippen LogP contribution < -0.4 is 19.7 Å². The zero-order chi connectivity index (χ0) is 19.9. The van der Waals surface area contributed by atoms with E-state index < -0.39 is 0 Å². The summed E-state index contributed by atoms with van der Waals surface area (Å²) in [4.78, 5) is 26.9. The average molecular weight is 384 g/mol. The van der Waals surface area contributed by atoms with Crippen LogP contribution in [0.25, 0.3) is 0 Å². The van der Waals surface area contributed by atoms with Crippen LogP contribution in [0.3, 0.4) is 0 Å². The number of rotatable bonds is 7. The Morgan fingerprint density at radius 3 is 2.25 bits per heavy atom. The summed E-state index contributed by atoms with van der Waals surface area (Å²) in [7, 11) is 3.03. The normalized spacial score (nSPS) is 13.7. The summed E-state index contributed by atoms with van der Waals surface area (Å²) in [6, 6.07) is 12.3. The lowest BCUT2D eigenvalue weighted by Crippen LogP contribution is -2.36. The summed E-state index contributed by atoms with van der Waals surface area (Å²) in [5.74, 6) is 0.497. The zero-order valence-corrected chi connectivity index (χ0v) is 16.1. The number of morpholine rings is 1. The third-order valence-electron chi connectivity index (χ3n) is 4.62. The number of carbonyl (C=O) groups excluding carboxylic acids is 2. The predicted molar refractivity (Wildman–Crippen MR) is 106 cm³/mol. The summed E-state index contributed by atoms with van der Waals surface area (Å²) in [5.41, 5.74) is 2.02. The number of amides is 1. The number of anilines is 1. The third-order valence-corrected chi connectivity index (χ3v) is 4.62. The molecule has 7 heteroatoms. The Labute approximate surface area is 164 Å². The van der Waals surface area contributed by atoms with Gasteiger partial charge in [-0.05, 0) is 42.5 Å². The first-order valence-electron chi connectivity index (χ1n) is 9.08. The van der Waals surface area contributed by atoms with Crippen molar-refractivity contribution in [2.45, 2.75) is 0 Å². The molecule has 28 heavy (non-hydrogen) atoms. The fourth-order valence-corrected chi connectivity index (χ4v) is 3.02. The van der Waals surface area contributed by atoms with Crippen molar-refractivity contribution in [2.75, 3.05) is 52.0 Å². The fourth-order valence-electron chi connectivity index (χ4n) is 3.02. The number of nitrogens with one attached hydrogen (secondary N) is 1. The first kappa shape index (κ1) is 19.7. The Hall–Kier alpha value is -3.06. The molecule has 3 rings (SSSR count). The SMILES string of the molecule is COc1ccc(C(=O)NCC(=O)c2ccc(N3CCOCC3)cc2)cc1OC. The van der Waals surface area contributed by atoms with E-state index in [1.807, 2.05) is 12.1 Å². The Kier molecular flexibility index (Phi) is 6.49. The number of Topliss-reactive ketones (excluding diaryl/α,β-unsaturated/α-hetero) is 1. The standard InChI is InChI=1S/C21H24N2O5/c1-26-19-8-5-16(13-20(19)27-2)21(25)22-14-18(24)15-3-6-17(7-4-15)23-9-11-28-12-10-23/h3-8,13H,9-12,14H2,1-2H3,(H,22,25). The van der Waals surface area contributed by atoms with Gasteiger partial charge in [0, 0.05) is 29.9 Å². The van der Waals surface area contributed by atoms with Gasteiger partial charge in [-0.25, -0.2) is 0 Å². The van der Waals surface area contributed by atoms with Gasteiger partial charge in [0.25, 0.3) is 5.91 Å². The monoisotopic (exact) mass is 384 g/mol. The molecule has 2 aromatic rings. The van der Waals surface area contributed by atoms with Crippen molar-refractivity contribution >= 4 is 17.4 Å². The second kappa shape index (κ2) is 9.23. The lowest BCUT2D eigenvalue weighted by atomic mass is 10.1.